The molecule has 1 saturated heterocycles. The van der Waals surface area contributed by atoms with Crippen LogP contribution in [0, 0.1) is 0 Å². The van der Waals surface area contributed by atoms with Crippen LogP contribution in [-0.4, -0.2) is 52.6 Å². The number of ether oxygens (including phenoxy) is 1. The SMILES string of the molecule is COCCC(=O)N1CCC(c2ncncc2-c2ccnc(N)c2)C1. The zero-order chi connectivity index (χ0) is 16.9. The van der Waals surface area contributed by atoms with Crippen molar-refractivity contribution >= 4 is 11.7 Å². The summed E-state index contributed by atoms with van der Waals surface area (Å²) < 4.78 is 4.99. The summed E-state index contributed by atoms with van der Waals surface area (Å²) in [5.41, 5.74) is 8.64. The van der Waals surface area contributed by atoms with E-state index < -0.39 is 0 Å². The molecule has 2 aromatic rings. The van der Waals surface area contributed by atoms with Gasteiger partial charge in [0.05, 0.1) is 18.7 Å². The van der Waals surface area contributed by atoms with Gasteiger partial charge in [-0.25, -0.2) is 15.0 Å². The van der Waals surface area contributed by atoms with E-state index in [9.17, 15) is 4.79 Å². The fraction of sp³-hybridized carbons (Fsp3) is 0.412. The molecule has 3 heterocycles. The smallest absolute Gasteiger partial charge is 0.224 e. The third-order valence-corrected chi connectivity index (χ3v) is 4.28. The molecule has 1 fully saturated rings. The zero-order valence-electron chi connectivity index (χ0n) is 13.7. The van der Waals surface area contributed by atoms with Crippen LogP contribution in [0.1, 0.15) is 24.5 Å². The highest BCUT2D eigenvalue weighted by molar-refractivity contribution is 5.77. The summed E-state index contributed by atoms with van der Waals surface area (Å²) in [6.07, 6.45) is 6.34. The average molecular weight is 327 g/mol. The lowest BCUT2D eigenvalue weighted by Gasteiger charge is -2.17. The maximum Gasteiger partial charge on any atom is 0.224 e. The number of methoxy groups -OCH3 is 1. The van der Waals surface area contributed by atoms with E-state index in [0.29, 0.717) is 25.4 Å². The topological polar surface area (TPSA) is 94.2 Å². The monoisotopic (exact) mass is 327 g/mol. The quantitative estimate of drug-likeness (QED) is 0.894. The van der Waals surface area contributed by atoms with E-state index in [2.05, 4.69) is 15.0 Å². The Labute approximate surface area is 140 Å². The number of nitrogen functional groups attached to an aromatic ring is 1. The number of amides is 1. The highest BCUT2D eigenvalue weighted by Crippen LogP contribution is 2.33. The Morgan fingerprint density at radius 2 is 2.33 bits per heavy atom. The van der Waals surface area contributed by atoms with Crippen molar-refractivity contribution in [3.8, 4) is 11.1 Å². The molecule has 2 aromatic heterocycles. The number of anilines is 1. The molecule has 0 aliphatic carbocycles. The summed E-state index contributed by atoms with van der Waals surface area (Å²) in [6.45, 7) is 1.87. The van der Waals surface area contributed by atoms with Crippen molar-refractivity contribution in [1.29, 1.82) is 0 Å². The Kier molecular flexibility index (Phi) is 5.00. The lowest BCUT2D eigenvalue weighted by molar-refractivity contribution is -0.131. The van der Waals surface area contributed by atoms with Crippen molar-refractivity contribution in [2.24, 2.45) is 0 Å². The van der Waals surface area contributed by atoms with Gasteiger partial charge in [-0.05, 0) is 24.1 Å². The second-order valence-electron chi connectivity index (χ2n) is 5.86. The molecule has 3 rings (SSSR count). The number of hydrogen-bond acceptors (Lipinski definition) is 6. The van der Waals surface area contributed by atoms with E-state index in [1.165, 1.54) is 0 Å². The lowest BCUT2D eigenvalue weighted by atomic mass is 9.96. The standard InChI is InChI=1S/C17H21N5O2/c1-24-7-4-16(23)22-6-3-13(10-22)17-14(9-19-11-21-17)12-2-5-20-15(18)8-12/h2,5,8-9,11,13H,3-4,6-7,10H2,1H3,(H2,18,20). The Balaban J connectivity index is 1.80. The second kappa shape index (κ2) is 7.35. The Bertz CT molecular complexity index is 722. The summed E-state index contributed by atoms with van der Waals surface area (Å²) >= 11 is 0. The number of aromatic nitrogens is 3. The number of nitrogens with zero attached hydrogens (tertiary/aromatic N) is 4. The molecular formula is C17H21N5O2. The summed E-state index contributed by atoms with van der Waals surface area (Å²) in [5, 5.41) is 0. The molecule has 0 spiro atoms. The van der Waals surface area contributed by atoms with Crippen LogP contribution in [-0.2, 0) is 9.53 Å². The van der Waals surface area contributed by atoms with Crippen molar-refractivity contribution in [1.82, 2.24) is 19.9 Å². The van der Waals surface area contributed by atoms with Gasteiger partial charge in [0.15, 0.2) is 0 Å². The van der Waals surface area contributed by atoms with Gasteiger partial charge in [-0.15, -0.1) is 0 Å². The third kappa shape index (κ3) is 3.51. The first-order valence-electron chi connectivity index (χ1n) is 7.97. The Morgan fingerprint density at radius 1 is 1.46 bits per heavy atom. The largest absolute Gasteiger partial charge is 0.384 e. The summed E-state index contributed by atoms with van der Waals surface area (Å²) in [6, 6.07) is 3.72. The van der Waals surface area contributed by atoms with Gasteiger partial charge in [-0.1, -0.05) is 0 Å². The molecule has 0 bridgehead atoms. The van der Waals surface area contributed by atoms with E-state index in [4.69, 9.17) is 10.5 Å². The molecule has 2 N–H and O–H groups in total. The van der Waals surface area contributed by atoms with Gasteiger partial charge in [0.25, 0.3) is 0 Å². The fourth-order valence-electron chi connectivity index (χ4n) is 3.06. The van der Waals surface area contributed by atoms with Gasteiger partial charge < -0.3 is 15.4 Å². The third-order valence-electron chi connectivity index (χ3n) is 4.28. The number of hydrogen-bond donors (Lipinski definition) is 1. The van der Waals surface area contributed by atoms with Gasteiger partial charge >= 0.3 is 0 Å². The van der Waals surface area contributed by atoms with Crippen molar-refractivity contribution in [3.05, 3.63) is 36.5 Å². The molecule has 1 aliphatic heterocycles. The van der Waals surface area contributed by atoms with Crippen molar-refractivity contribution in [2.75, 3.05) is 32.5 Å². The maximum atomic E-state index is 12.2. The summed E-state index contributed by atoms with van der Waals surface area (Å²) in [7, 11) is 1.60. The summed E-state index contributed by atoms with van der Waals surface area (Å²) in [4.78, 5) is 26.7. The van der Waals surface area contributed by atoms with Crippen molar-refractivity contribution in [2.45, 2.75) is 18.8 Å². The summed E-state index contributed by atoms with van der Waals surface area (Å²) in [5.74, 6) is 0.789. The van der Waals surface area contributed by atoms with Crippen LogP contribution < -0.4 is 5.73 Å². The minimum atomic E-state index is 0.128. The van der Waals surface area contributed by atoms with Gasteiger partial charge in [-0.3, -0.25) is 4.79 Å². The van der Waals surface area contributed by atoms with Gasteiger partial charge in [-0.2, -0.15) is 0 Å². The minimum Gasteiger partial charge on any atom is -0.384 e. The Hall–Kier alpha value is -2.54. The normalized spacial score (nSPS) is 17.2. The molecule has 126 valence electrons. The van der Waals surface area contributed by atoms with Crippen molar-refractivity contribution in [3.63, 3.8) is 0 Å². The molecule has 0 radical (unpaired) electrons. The zero-order valence-corrected chi connectivity index (χ0v) is 13.7. The first-order chi connectivity index (χ1) is 11.7. The van der Waals surface area contributed by atoms with Crippen LogP contribution >= 0.6 is 0 Å². The van der Waals surface area contributed by atoms with Crippen LogP contribution in [0.4, 0.5) is 5.82 Å². The molecule has 0 aromatic carbocycles. The number of pyridine rings is 1. The second-order valence-corrected chi connectivity index (χ2v) is 5.86. The van der Waals surface area contributed by atoms with Crippen LogP contribution in [0.2, 0.25) is 0 Å². The van der Waals surface area contributed by atoms with Crippen LogP contribution in [0.15, 0.2) is 30.9 Å². The van der Waals surface area contributed by atoms with Gasteiger partial charge in [0.2, 0.25) is 5.91 Å². The Morgan fingerprint density at radius 3 is 3.12 bits per heavy atom. The number of carbonyl (C=O) groups excluding carboxylic acids is 1. The predicted molar refractivity (Wildman–Crippen MR) is 90.1 cm³/mol. The lowest BCUT2D eigenvalue weighted by Crippen LogP contribution is -2.29. The van der Waals surface area contributed by atoms with Crippen LogP contribution in [0.5, 0.6) is 0 Å². The number of likely N-dealkylation sites (tertiary alicyclic amines) is 1. The molecule has 1 atom stereocenters. The van der Waals surface area contributed by atoms with Gasteiger partial charge in [0.1, 0.15) is 12.1 Å². The van der Waals surface area contributed by atoms with Crippen molar-refractivity contribution < 1.29 is 9.53 Å². The minimum absolute atomic E-state index is 0.128. The van der Waals surface area contributed by atoms with E-state index in [1.54, 1.807) is 25.8 Å². The van der Waals surface area contributed by atoms with Gasteiger partial charge in [0, 0.05) is 44.1 Å². The molecule has 7 nitrogen and oxygen atoms in total. The van der Waals surface area contributed by atoms with E-state index in [-0.39, 0.29) is 11.8 Å². The molecule has 24 heavy (non-hydrogen) atoms. The van der Waals surface area contributed by atoms with E-state index >= 15 is 0 Å². The van der Waals surface area contributed by atoms with E-state index in [1.807, 2.05) is 17.0 Å². The predicted octanol–water partition coefficient (Wildman–Crippen LogP) is 1.47. The number of nitrogens with two attached hydrogens (primary N) is 1. The highest BCUT2D eigenvalue weighted by atomic mass is 16.5. The first kappa shape index (κ1) is 16.3. The number of rotatable bonds is 5. The highest BCUT2D eigenvalue weighted by Gasteiger charge is 2.29. The first-order valence-corrected chi connectivity index (χ1v) is 7.97. The maximum absolute atomic E-state index is 12.2. The fourth-order valence-corrected chi connectivity index (χ4v) is 3.06. The average Bonchev–Trinajstić information content (AvgIpc) is 3.10. The molecule has 1 unspecified atom stereocenters. The van der Waals surface area contributed by atoms with Crippen LogP contribution in [0.3, 0.4) is 0 Å². The molecular weight excluding hydrogens is 306 g/mol. The molecule has 1 amide bonds. The number of carbonyl (C=O) groups is 1. The van der Waals surface area contributed by atoms with E-state index in [0.717, 1.165) is 29.8 Å². The molecule has 1 aliphatic rings. The van der Waals surface area contributed by atoms with Crippen LogP contribution in [0.25, 0.3) is 11.1 Å². The molecule has 0 saturated carbocycles. The molecule has 7 heteroatoms.